The van der Waals surface area contributed by atoms with E-state index >= 15 is 0 Å². The third kappa shape index (κ3) is 5.96. The first kappa shape index (κ1) is 20.2. The molecule has 0 aliphatic carbocycles. The Hall–Kier alpha value is -3.13. The summed E-state index contributed by atoms with van der Waals surface area (Å²) in [5.41, 5.74) is 2.69. The van der Waals surface area contributed by atoms with Crippen molar-refractivity contribution in [2.24, 2.45) is 0 Å². The van der Waals surface area contributed by atoms with E-state index in [2.05, 4.69) is 36.1 Å². The lowest BCUT2D eigenvalue weighted by atomic mass is 10.1. The van der Waals surface area contributed by atoms with Crippen molar-refractivity contribution < 1.29 is 29.0 Å². The first-order valence-electron chi connectivity index (χ1n) is 8.44. The predicted molar refractivity (Wildman–Crippen MR) is 96.3 cm³/mol. The lowest BCUT2D eigenvalue weighted by Gasteiger charge is -2.34. The van der Waals surface area contributed by atoms with Gasteiger partial charge in [0.15, 0.2) is 5.76 Å². The minimum absolute atomic E-state index is 0.00413. The molecule has 0 bridgehead atoms. The van der Waals surface area contributed by atoms with Gasteiger partial charge < -0.3 is 19.5 Å². The zero-order valence-electron chi connectivity index (χ0n) is 15.0. The molecule has 8 heteroatoms. The third-order valence-corrected chi connectivity index (χ3v) is 4.23. The second-order valence-electron chi connectivity index (χ2n) is 6.08. The summed E-state index contributed by atoms with van der Waals surface area (Å²) in [6.07, 6.45) is 1.54. The van der Waals surface area contributed by atoms with E-state index in [0.717, 1.165) is 32.7 Å². The number of amides is 1. The number of carbonyl (C=O) groups is 3. The van der Waals surface area contributed by atoms with Crippen molar-refractivity contribution in [1.29, 1.82) is 0 Å². The number of furan rings is 1. The highest BCUT2D eigenvalue weighted by atomic mass is 16.4. The Labute approximate surface area is 156 Å². The highest BCUT2D eigenvalue weighted by Gasteiger charge is 2.23. The van der Waals surface area contributed by atoms with Crippen molar-refractivity contribution in [2.75, 3.05) is 26.2 Å². The number of aliphatic carboxylic acids is 2. The first-order valence-corrected chi connectivity index (χ1v) is 8.44. The van der Waals surface area contributed by atoms with E-state index in [9.17, 15) is 4.79 Å². The molecule has 2 N–H and O–H groups in total. The van der Waals surface area contributed by atoms with Crippen LogP contribution in [0.1, 0.15) is 21.7 Å². The van der Waals surface area contributed by atoms with E-state index in [1.165, 1.54) is 11.1 Å². The Kier molecular flexibility index (Phi) is 7.13. The van der Waals surface area contributed by atoms with Crippen molar-refractivity contribution in [3.8, 4) is 0 Å². The average Bonchev–Trinajstić information content (AvgIpc) is 3.19. The Morgan fingerprint density at radius 3 is 2.11 bits per heavy atom. The van der Waals surface area contributed by atoms with Gasteiger partial charge in [0.25, 0.3) is 5.91 Å². The molecule has 0 saturated carbocycles. The molecule has 1 aromatic carbocycles. The minimum Gasteiger partial charge on any atom is -0.473 e. The summed E-state index contributed by atoms with van der Waals surface area (Å²) < 4.78 is 5.18. The Morgan fingerprint density at radius 2 is 1.59 bits per heavy atom. The van der Waals surface area contributed by atoms with Crippen LogP contribution in [0.3, 0.4) is 0 Å². The van der Waals surface area contributed by atoms with Gasteiger partial charge in [0.1, 0.15) is 0 Å². The summed E-state index contributed by atoms with van der Waals surface area (Å²) in [6, 6.07) is 11.9. The maximum absolute atomic E-state index is 12.2. The van der Waals surface area contributed by atoms with Gasteiger partial charge >= 0.3 is 11.9 Å². The van der Waals surface area contributed by atoms with Crippen LogP contribution in [0.2, 0.25) is 0 Å². The zero-order valence-corrected chi connectivity index (χ0v) is 15.0. The van der Waals surface area contributed by atoms with Gasteiger partial charge in [-0.1, -0.05) is 24.3 Å². The standard InChI is InChI=1S/C17H20N2O2.C2H2O4/c1-14-5-2-3-6-15(14)13-18-8-10-19(11-9-18)17(20)16-7-4-12-21-16;3-1(4)2(5)6/h2-7,12H,8-11,13H2,1H3;(H,3,4)(H,5,6). The number of carboxylic acids is 2. The molecule has 1 aliphatic rings. The number of carbonyl (C=O) groups excluding carboxylic acids is 1. The van der Waals surface area contributed by atoms with Gasteiger partial charge in [-0.3, -0.25) is 9.69 Å². The van der Waals surface area contributed by atoms with Gasteiger partial charge in [0.2, 0.25) is 0 Å². The number of nitrogens with zero attached hydrogens (tertiary/aromatic N) is 2. The van der Waals surface area contributed by atoms with Crippen LogP contribution < -0.4 is 0 Å². The van der Waals surface area contributed by atoms with Crippen molar-refractivity contribution in [1.82, 2.24) is 9.80 Å². The molecule has 2 heterocycles. The molecule has 1 aromatic heterocycles. The number of rotatable bonds is 3. The van der Waals surface area contributed by atoms with Gasteiger partial charge in [-0.25, -0.2) is 9.59 Å². The molecule has 0 unspecified atom stereocenters. The fraction of sp³-hybridized carbons (Fsp3) is 0.316. The molecule has 144 valence electrons. The molecule has 8 nitrogen and oxygen atoms in total. The van der Waals surface area contributed by atoms with Gasteiger partial charge in [-0.15, -0.1) is 0 Å². The predicted octanol–water partition coefficient (Wildman–Crippen LogP) is 1.70. The Balaban J connectivity index is 0.000000380. The minimum atomic E-state index is -1.82. The highest BCUT2D eigenvalue weighted by Crippen LogP contribution is 2.14. The topological polar surface area (TPSA) is 111 Å². The summed E-state index contributed by atoms with van der Waals surface area (Å²) in [5, 5.41) is 14.8. The number of hydrogen-bond donors (Lipinski definition) is 2. The number of carboxylic acid groups (broad SMARTS) is 2. The maximum atomic E-state index is 12.2. The van der Waals surface area contributed by atoms with Crippen LogP contribution in [-0.2, 0) is 16.1 Å². The molecular weight excluding hydrogens is 352 g/mol. The number of aryl methyl sites for hydroxylation is 1. The largest absolute Gasteiger partial charge is 0.473 e. The monoisotopic (exact) mass is 374 g/mol. The molecule has 1 aliphatic heterocycles. The van der Waals surface area contributed by atoms with Crippen molar-refractivity contribution >= 4 is 17.8 Å². The number of piperazine rings is 1. The summed E-state index contributed by atoms with van der Waals surface area (Å²) in [7, 11) is 0. The summed E-state index contributed by atoms with van der Waals surface area (Å²) >= 11 is 0. The van der Waals surface area contributed by atoms with Crippen LogP contribution in [0, 0.1) is 6.92 Å². The normalized spacial score (nSPS) is 14.2. The van der Waals surface area contributed by atoms with E-state index in [4.69, 9.17) is 24.2 Å². The van der Waals surface area contributed by atoms with Gasteiger partial charge in [0, 0.05) is 32.7 Å². The quantitative estimate of drug-likeness (QED) is 0.787. The second kappa shape index (κ2) is 9.54. The molecule has 3 rings (SSSR count). The summed E-state index contributed by atoms with van der Waals surface area (Å²) in [4.78, 5) is 34.7. The second-order valence-corrected chi connectivity index (χ2v) is 6.08. The molecule has 0 atom stereocenters. The molecule has 0 spiro atoms. The van der Waals surface area contributed by atoms with Crippen molar-refractivity contribution in [3.63, 3.8) is 0 Å². The highest BCUT2D eigenvalue weighted by molar-refractivity contribution is 6.27. The van der Waals surface area contributed by atoms with Crippen LogP contribution >= 0.6 is 0 Å². The molecule has 0 radical (unpaired) electrons. The lowest BCUT2D eigenvalue weighted by molar-refractivity contribution is -0.159. The SMILES string of the molecule is Cc1ccccc1CN1CCN(C(=O)c2ccco2)CC1.O=C(O)C(=O)O. The lowest BCUT2D eigenvalue weighted by Crippen LogP contribution is -2.48. The zero-order chi connectivity index (χ0) is 19.8. The van der Waals surface area contributed by atoms with Gasteiger partial charge in [0.05, 0.1) is 6.26 Å². The van der Waals surface area contributed by atoms with Crippen LogP contribution in [0.15, 0.2) is 47.1 Å². The van der Waals surface area contributed by atoms with Gasteiger partial charge in [-0.05, 0) is 30.2 Å². The van der Waals surface area contributed by atoms with Gasteiger partial charge in [-0.2, -0.15) is 0 Å². The third-order valence-electron chi connectivity index (χ3n) is 4.23. The van der Waals surface area contributed by atoms with Crippen LogP contribution in [0.25, 0.3) is 0 Å². The molecule has 1 saturated heterocycles. The average molecular weight is 374 g/mol. The van der Waals surface area contributed by atoms with Crippen LogP contribution in [-0.4, -0.2) is 64.0 Å². The summed E-state index contributed by atoms with van der Waals surface area (Å²) in [5.74, 6) is -3.22. The molecule has 2 aromatic rings. The molecular formula is C19H22N2O6. The van der Waals surface area contributed by atoms with E-state index < -0.39 is 11.9 Å². The van der Waals surface area contributed by atoms with Crippen LogP contribution in [0.5, 0.6) is 0 Å². The summed E-state index contributed by atoms with van der Waals surface area (Å²) in [6.45, 7) is 6.42. The Bertz CT molecular complexity index is 767. The molecule has 1 amide bonds. The maximum Gasteiger partial charge on any atom is 0.414 e. The first-order chi connectivity index (χ1) is 12.9. The van der Waals surface area contributed by atoms with Crippen molar-refractivity contribution in [3.05, 3.63) is 59.5 Å². The fourth-order valence-corrected chi connectivity index (χ4v) is 2.69. The van der Waals surface area contributed by atoms with E-state index in [-0.39, 0.29) is 5.91 Å². The fourth-order valence-electron chi connectivity index (χ4n) is 2.69. The van der Waals surface area contributed by atoms with E-state index in [1.807, 2.05) is 4.90 Å². The van der Waals surface area contributed by atoms with E-state index in [1.54, 1.807) is 18.4 Å². The smallest absolute Gasteiger partial charge is 0.414 e. The van der Waals surface area contributed by atoms with Crippen LogP contribution in [0.4, 0.5) is 0 Å². The Morgan fingerprint density at radius 1 is 0.963 bits per heavy atom. The molecule has 27 heavy (non-hydrogen) atoms. The molecule has 1 fully saturated rings. The number of hydrogen-bond acceptors (Lipinski definition) is 5. The number of benzene rings is 1. The van der Waals surface area contributed by atoms with E-state index in [0.29, 0.717) is 5.76 Å². The van der Waals surface area contributed by atoms with Crippen molar-refractivity contribution in [2.45, 2.75) is 13.5 Å².